The standard InChI is InChI=1S/C20H24FN3O2/c1-26-13-18-20-16(11-22-24(20)12-14-5-6-14)7-8-23(18)19(25)10-15-3-2-4-17(21)9-15/h2-4,9,11,14,18H,5-8,10,12-13H2,1H3/t18-/m0/s1. The van der Waals surface area contributed by atoms with Gasteiger partial charge < -0.3 is 9.64 Å². The molecule has 5 nitrogen and oxygen atoms in total. The van der Waals surface area contributed by atoms with E-state index in [0.29, 0.717) is 24.6 Å². The lowest BCUT2D eigenvalue weighted by Crippen LogP contribution is -2.43. The lowest BCUT2D eigenvalue weighted by atomic mass is 9.98. The number of benzene rings is 1. The summed E-state index contributed by atoms with van der Waals surface area (Å²) in [6, 6.07) is 6.12. The lowest BCUT2D eigenvalue weighted by molar-refractivity contribution is -0.134. The van der Waals surface area contributed by atoms with Gasteiger partial charge in [0.2, 0.25) is 5.91 Å². The summed E-state index contributed by atoms with van der Waals surface area (Å²) in [4.78, 5) is 14.8. The molecular formula is C20H24FN3O2. The average Bonchev–Trinajstić information content (AvgIpc) is 3.34. The zero-order valence-corrected chi connectivity index (χ0v) is 15.0. The van der Waals surface area contributed by atoms with Crippen molar-refractivity contribution in [1.82, 2.24) is 14.7 Å². The average molecular weight is 357 g/mol. The highest BCUT2D eigenvalue weighted by molar-refractivity contribution is 5.79. The summed E-state index contributed by atoms with van der Waals surface area (Å²) in [5.41, 5.74) is 3.02. The number of hydrogen-bond acceptors (Lipinski definition) is 3. The molecule has 0 bridgehead atoms. The van der Waals surface area contributed by atoms with Gasteiger partial charge in [-0.15, -0.1) is 0 Å². The van der Waals surface area contributed by atoms with Crippen LogP contribution in [0, 0.1) is 11.7 Å². The number of amides is 1. The zero-order chi connectivity index (χ0) is 18.1. The van der Waals surface area contributed by atoms with Gasteiger partial charge in [-0.3, -0.25) is 9.48 Å². The van der Waals surface area contributed by atoms with Gasteiger partial charge in [0.25, 0.3) is 0 Å². The van der Waals surface area contributed by atoms with Crippen LogP contribution in [0.4, 0.5) is 4.39 Å². The van der Waals surface area contributed by atoms with Crippen LogP contribution < -0.4 is 0 Å². The second-order valence-electron chi connectivity index (χ2n) is 7.30. The molecule has 1 aliphatic heterocycles. The Morgan fingerprint density at radius 1 is 1.38 bits per heavy atom. The molecule has 1 aliphatic carbocycles. The molecule has 4 rings (SSSR count). The summed E-state index contributed by atoms with van der Waals surface area (Å²) in [7, 11) is 1.66. The Morgan fingerprint density at radius 3 is 2.96 bits per heavy atom. The third kappa shape index (κ3) is 3.51. The van der Waals surface area contributed by atoms with Crippen LogP contribution >= 0.6 is 0 Å². The van der Waals surface area contributed by atoms with Crippen molar-refractivity contribution >= 4 is 5.91 Å². The number of methoxy groups -OCH3 is 1. The molecule has 0 unspecified atom stereocenters. The number of rotatable bonds is 6. The van der Waals surface area contributed by atoms with E-state index in [-0.39, 0.29) is 24.2 Å². The van der Waals surface area contributed by atoms with Crippen LogP contribution in [0.3, 0.4) is 0 Å². The molecule has 2 aliphatic rings. The van der Waals surface area contributed by atoms with E-state index < -0.39 is 0 Å². The summed E-state index contributed by atoms with van der Waals surface area (Å²) in [5, 5.41) is 4.57. The van der Waals surface area contributed by atoms with Crippen LogP contribution in [-0.2, 0) is 28.9 Å². The van der Waals surface area contributed by atoms with Crippen molar-refractivity contribution in [3.8, 4) is 0 Å². The molecule has 0 radical (unpaired) electrons. The minimum Gasteiger partial charge on any atom is -0.382 e. The number of carbonyl (C=O) groups is 1. The van der Waals surface area contributed by atoms with E-state index in [1.54, 1.807) is 19.2 Å². The molecule has 0 spiro atoms. The highest BCUT2D eigenvalue weighted by atomic mass is 19.1. The molecule has 0 N–H and O–H groups in total. The summed E-state index contributed by atoms with van der Waals surface area (Å²) in [6.45, 7) is 2.00. The predicted molar refractivity (Wildman–Crippen MR) is 95.1 cm³/mol. The van der Waals surface area contributed by atoms with Crippen LogP contribution in [0.5, 0.6) is 0 Å². The minimum absolute atomic E-state index is 0.00229. The van der Waals surface area contributed by atoms with Gasteiger partial charge in [0.1, 0.15) is 5.82 Å². The molecule has 1 amide bonds. The number of nitrogens with zero attached hydrogens (tertiary/aromatic N) is 3. The monoisotopic (exact) mass is 357 g/mol. The van der Waals surface area contributed by atoms with Crippen molar-refractivity contribution in [3.05, 3.63) is 53.1 Å². The maximum absolute atomic E-state index is 13.4. The summed E-state index contributed by atoms with van der Waals surface area (Å²) in [6.07, 6.45) is 5.45. The molecule has 1 aromatic heterocycles. The van der Waals surface area contributed by atoms with Gasteiger partial charge in [0.05, 0.1) is 31.0 Å². The largest absolute Gasteiger partial charge is 0.382 e. The molecule has 2 heterocycles. The number of carbonyl (C=O) groups excluding carboxylic acids is 1. The number of fused-ring (bicyclic) bond motifs is 1. The van der Waals surface area contributed by atoms with Gasteiger partial charge >= 0.3 is 0 Å². The van der Waals surface area contributed by atoms with Crippen molar-refractivity contribution < 1.29 is 13.9 Å². The second kappa shape index (κ2) is 7.19. The lowest BCUT2D eigenvalue weighted by Gasteiger charge is -2.36. The van der Waals surface area contributed by atoms with E-state index in [9.17, 15) is 9.18 Å². The first kappa shape index (κ1) is 17.2. The molecule has 1 aromatic carbocycles. The first-order valence-corrected chi connectivity index (χ1v) is 9.23. The Hall–Kier alpha value is -2.21. The van der Waals surface area contributed by atoms with E-state index in [0.717, 1.165) is 18.7 Å². The van der Waals surface area contributed by atoms with E-state index in [2.05, 4.69) is 9.78 Å². The van der Waals surface area contributed by atoms with Crippen molar-refractivity contribution in [1.29, 1.82) is 0 Å². The van der Waals surface area contributed by atoms with Gasteiger partial charge in [0, 0.05) is 20.2 Å². The third-order valence-electron chi connectivity index (χ3n) is 5.29. The Kier molecular flexibility index (Phi) is 4.76. The van der Waals surface area contributed by atoms with Crippen LogP contribution in [0.15, 0.2) is 30.5 Å². The van der Waals surface area contributed by atoms with E-state index >= 15 is 0 Å². The van der Waals surface area contributed by atoms with E-state index in [1.807, 2.05) is 11.1 Å². The van der Waals surface area contributed by atoms with Gasteiger partial charge in [0.15, 0.2) is 0 Å². The maximum atomic E-state index is 13.4. The number of hydrogen-bond donors (Lipinski definition) is 0. The van der Waals surface area contributed by atoms with Crippen molar-refractivity contribution in [2.75, 3.05) is 20.3 Å². The Bertz CT molecular complexity index is 800. The fourth-order valence-corrected chi connectivity index (χ4v) is 3.80. The zero-order valence-electron chi connectivity index (χ0n) is 15.0. The summed E-state index contributed by atoms with van der Waals surface area (Å²) < 4.78 is 20.9. The van der Waals surface area contributed by atoms with Crippen molar-refractivity contribution in [2.45, 2.75) is 38.3 Å². The highest BCUT2D eigenvalue weighted by Gasteiger charge is 2.35. The first-order valence-electron chi connectivity index (χ1n) is 9.23. The smallest absolute Gasteiger partial charge is 0.227 e. The molecule has 2 aromatic rings. The molecule has 0 saturated heterocycles. The number of ether oxygens (including phenoxy) is 1. The fourth-order valence-electron chi connectivity index (χ4n) is 3.80. The number of aromatic nitrogens is 2. The van der Waals surface area contributed by atoms with Crippen molar-refractivity contribution in [3.63, 3.8) is 0 Å². The Labute approximate surface area is 152 Å². The first-order chi connectivity index (χ1) is 12.7. The fraction of sp³-hybridized carbons (Fsp3) is 0.500. The van der Waals surface area contributed by atoms with Crippen LogP contribution in [0.25, 0.3) is 0 Å². The topological polar surface area (TPSA) is 47.4 Å². The second-order valence-corrected chi connectivity index (χ2v) is 7.30. The summed E-state index contributed by atoms with van der Waals surface area (Å²) >= 11 is 0. The third-order valence-corrected chi connectivity index (χ3v) is 5.29. The SMILES string of the molecule is COC[C@H]1c2c(cnn2CC2CC2)CCN1C(=O)Cc1cccc(F)c1. The molecule has 138 valence electrons. The van der Waals surface area contributed by atoms with Crippen LogP contribution in [-0.4, -0.2) is 40.8 Å². The minimum atomic E-state index is -0.313. The quantitative estimate of drug-likeness (QED) is 0.799. The van der Waals surface area contributed by atoms with Gasteiger partial charge in [-0.05, 0) is 48.4 Å². The normalized spacial score (nSPS) is 19.5. The van der Waals surface area contributed by atoms with Gasteiger partial charge in [-0.2, -0.15) is 5.10 Å². The summed E-state index contributed by atoms with van der Waals surface area (Å²) in [5.74, 6) is 0.398. The van der Waals surface area contributed by atoms with Crippen molar-refractivity contribution in [2.24, 2.45) is 5.92 Å². The predicted octanol–water partition coefficient (Wildman–Crippen LogP) is 2.75. The molecule has 1 saturated carbocycles. The molecule has 1 atom stereocenters. The van der Waals surface area contributed by atoms with Crippen LogP contribution in [0.2, 0.25) is 0 Å². The van der Waals surface area contributed by atoms with Gasteiger partial charge in [-0.25, -0.2) is 4.39 Å². The molecular weight excluding hydrogens is 333 g/mol. The maximum Gasteiger partial charge on any atom is 0.227 e. The molecule has 6 heteroatoms. The number of halogens is 1. The molecule has 1 fully saturated rings. The van der Waals surface area contributed by atoms with Crippen LogP contribution in [0.1, 0.15) is 35.7 Å². The van der Waals surface area contributed by atoms with E-state index in [4.69, 9.17) is 4.74 Å². The molecule has 26 heavy (non-hydrogen) atoms. The van der Waals surface area contributed by atoms with Gasteiger partial charge in [-0.1, -0.05) is 12.1 Å². The van der Waals surface area contributed by atoms with E-state index in [1.165, 1.54) is 30.5 Å². The Balaban J connectivity index is 1.57. The highest BCUT2D eigenvalue weighted by Crippen LogP contribution is 2.35. The Morgan fingerprint density at radius 2 is 2.23 bits per heavy atom.